The minimum Gasteiger partial charge on any atom is -0.450 e. The van der Waals surface area contributed by atoms with Gasteiger partial charge in [0.15, 0.2) is 4.80 Å². The third-order valence-corrected chi connectivity index (χ3v) is 9.16. The standard InChI is InChI=1S/C23H24Cl2N4O5S2/c1-3-29-20-18(25)13-16(24)14-19(20)35-22(29)26-21(30)15-5-7-17(8-6-15)36(32,33)28-11-9-27(10-12-28)23(31)34-4-2/h5-8,13-14H,3-4,9-12H2,1-2H3. The Kier molecular flexibility index (Phi) is 8.06. The summed E-state index contributed by atoms with van der Waals surface area (Å²) in [6.45, 7) is 5.26. The number of nitrogens with zero attached hydrogens (tertiary/aromatic N) is 4. The van der Waals surface area contributed by atoms with Crippen LogP contribution in [0.4, 0.5) is 4.79 Å². The van der Waals surface area contributed by atoms with Gasteiger partial charge in [-0.15, -0.1) is 0 Å². The number of ether oxygens (including phenoxy) is 1. The van der Waals surface area contributed by atoms with Gasteiger partial charge in [-0.1, -0.05) is 34.5 Å². The molecule has 0 spiro atoms. The zero-order valence-corrected chi connectivity index (χ0v) is 22.8. The first kappa shape index (κ1) is 26.6. The lowest BCUT2D eigenvalue weighted by atomic mass is 10.2. The lowest BCUT2D eigenvalue weighted by molar-refractivity contribution is 0.0933. The summed E-state index contributed by atoms with van der Waals surface area (Å²) in [6, 6.07) is 9.10. The van der Waals surface area contributed by atoms with Gasteiger partial charge in [-0.3, -0.25) is 4.79 Å². The molecule has 1 aliphatic rings. The number of hydrogen-bond acceptors (Lipinski definition) is 6. The molecule has 36 heavy (non-hydrogen) atoms. The first-order valence-corrected chi connectivity index (χ1v) is 14.3. The van der Waals surface area contributed by atoms with Crippen LogP contribution in [0, 0.1) is 0 Å². The van der Waals surface area contributed by atoms with Gasteiger partial charge in [-0.25, -0.2) is 13.2 Å². The highest BCUT2D eigenvalue weighted by molar-refractivity contribution is 7.89. The molecule has 0 N–H and O–H groups in total. The number of hydrogen-bond donors (Lipinski definition) is 0. The highest BCUT2D eigenvalue weighted by atomic mass is 35.5. The van der Waals surface area contributed by atoms with E-state index in [0.717, 1.165) is 10.2 Å². The lowest BCUT2D eigenvalue weighted by Gasteiger charge is -2.33. The van der Waals surface area contributed by atoms with Gasteiger partial charge >= 0.3 is 6.09 Å². The Morgan fingerprint density at radius 1 is 1.06 bits per heavy atom. The molecule has 3 aromatic rings. The van der Waals surface area contributed by atoms with Crippen molar-refractivity contribution in [1.29, 1.82) is 0 Å². The average molecular weight is 572 g/mol. The van der Waals surface area contributed by atoms with Gasteiger partial charge in [-0.2, -0.15) is 9.30 Å². The number of rotatable bonds is 5. The third kappa shape index (κ3) is 5.30. The predicted octanol–water partition coefficient (Wildman–Crippen LogP) is 4.23. The second-order valence-corrected chi connectivity index (χ2v) is 11.7. The van der Waals surface area contributed by atoms with Crippen LogP contribution in [0.3, 0.4) is 0 Å². The molecular formula is C23H24Cl2N4O5S2. The van der Waals surface area contributed by atoms with Crippen LogP contribution in [0.15, 0.2) is 46.3 Å². The van der Waals surface area contributed by atoms with Gasteiger partial charge < -0.3 is 14.2 Å². The van der Waals surface area contributed by atoms with E-state index in [1.807, 2.05) is 11.5 Å². The summed E-state index contributed by atoms with van der Waals surface area (Å²) in [5, 5.41) is 0.969. The molecule has 9 nitrogen and oxygen atoms in total. The zero-order chi connectivity index (χ0) is 26.0. The van der Waals surface area contributed by atoms with Crippen LogP contribution in [-0.4, -0.2) is 67.0 Å². The maximum atomic E-state index is 13.1. The molecule has 0 unspecified atom stereocenters. The Morgan fingerprint density at radius 3 is 2.33 bits per heavy atom. The number of piperazine rings is 1. The first-order chi connectivity index (χ1) is 17.1. The predicted molar refractivity (Wildman–Crippen MR) is 139 cm³/mol. The van der Waals surface area contributed by atoms with E-state index in [-0.39, 0.29) is 43.2 Å². The van der Waals surface area contributed by atoms with E-state index in [1.165, 1.54) is 44.8 Å². The maximum Gasteiger partial charge on any atom is 0.409 e. The number of halogens is 2. The Morgan fingerprint density at radius 2 is 1.72 bits per heavy atom. The number of carbonyl (C=O) groups excluding carboxylic acids is 2. The van der Waals surface area contributed by atoms with E-state index in [2.05, 4.69) is 4.99 Å². The smallest absolute Gasteiger partial charge is 0.409 e. The van der Waals surface area contributed by atoms with Crippen LogP contribution in [0.1, 0.15) is 24.2 Å². The third-order valence-electron chi connectivity index (χ3n) is 5.71. The normalized spacial score (nSPS) is 15.4. The number of thiazole rings is 1. The van der Waals surface area contributed by atoms with Crippen molar-refractivity contribution in [3.8, 4) is 0 Å². The molecule has 0 saturated carbocycles. The quantitative estimate of drug-likeness (QED) is 0.456. The molecule has 2 aromatic carbocycles. The van der Waals surface area contributed by atoms with E-state index >= 15 is 0 Å². The summed E-state index contributed by atoms with van der Waals surface area (Å²) < 4.78 is 35.1. The summed E-state index contributed by atoms with van der Waals surface area (Å²) in [6.07, 6.45) is -0.449. The highest BCUT2D eigenvalue weighted by Crippen LogP contribution is 2.29. The topological polar surface area (TPSA) is 101 Å². The molecule has 4 rings (SSSR count). The second-order valence-electron chi connectivity index (χ2n) is 7.89. The molecule has 13 heteroatoms. The minimum absolute atomic E-state index is 0.0653. The number of carbonyl (C=O) groups is 2. The maximum absolute atomic E-state index is 13.1. The second kappa shape index (κ2) is 10.9. The molecule has 0 bridgehead atoms. The Labute approximate surface area is 222 Å². The van der Waals surface area contributed by atoms with E-state index in [9.17, 15) is 18.0 Å². The minimum atomic E-state index is -3.78. The molecule has 0 aliphatic carbocycles. The Bertz CT molecular complexity index is 1470. The zero-order valence-electron chi connectivity index (χ0n) is 19.6. The first-order valence-electron chi connectivity index (χ1n) is 11.2. The van der Waals surface area contributed by atoms with Gasteiger partial charge in [0.2, 0.25) is 10.0 Å². The molecule has 1 saturated heterocycles. The monoisotopic (exact) mass is 570 g/mol. The van der Waals surface area contributed by atoms with Crippen LogP contribution in [-0.2, 0) is 21.3 Å². The van der Waals surface area contributed by atoms with Crippen LogP contribution < -0.4 is 4.80 Å². The summed E-state index contributed by atoms with van der Waals surface area (Å²) >= 11 is 13.8. The number of aryl methyl sites for hydroxylation is 1. The van der Waals surface area contributed by atoms with Crippen LogP contribution in [0.2, 0.25) is 10.0 Å². The van der Waals surface area contributed by atoms with Crippen molar-refractivity contribution in [2.24, 2.45) is 4.99 Å². The van der Waals surface area contributed by atoms with Crippen molar-refractivity contribution in [3.63, 3.8) is 0 Å². The van der Waals surface area contributed by atoms with E-state index in [0.29, 0.717) is 21.4 Å². The van der Waals surface area contributed by atoms with Gasteiger partial charge in [0, 0.05) is 43.3 Å². The van der Waals surface area contributed by atoms with Crippen LogP contribution in [0.5, 0.6) is 0 Å². The Balaban J connectivity index is 1.54. The summed E-state index contributed by atoms with van der Waals surface area (Å²) in [7, 11) is -3.78. The van der Waals surface area contributed by atoms with Crippen molar-refractivity contribution in [1.82, 2.24) is 13.8 Å². The van der Waals surface area contributed by atoms with Crippen LogP contribution >= 0.6 is 34.5 Å². The number of amides is 2. The van der Waals surface area contributed by atoms with Crippen molar-refractivity contribution in [2.75, 3.05) is 32.8 Å². The van der Waals surface area contributed by atoms with E-state index in [4.69, 9.17) is 27.9 Å². The number of fused-ring (bicyclic) bond motifs is 1. The summed E-state index contributed by atoms with van der Waals surface area (Å²) in [4.78, 5) is 31.0. The van der Waals surface area contributed by atoms with Crippen molar-refractivity contribution < 1.29 is 22.7 Å². The lowest BCUT2D eigenvalue weighted by Crippen LogP contribution is -2.50. The number of aromatic nitrogens is 1. The molecule has 2 heterocycles. The average Bonchev–Trinajstić information content (AvgIpc) is 3.21. The fourth-order valence-corrected chi connectivity index (χ4v) is 7.20. The highest BCUT2D eigenvalue weighted by Gasteiger charge is 2.30. The summed E-state index contributed by atoms with van der Waals surface area (Å²) in [5.74, 6) is -0.502. The molecule has 1 aromatic heterocycles. The van der Waals surface area contributed by atoms with Crippen molar-refractivity contribution >= 4 is 66.8 Å². The van der Waals surface area contributed by atoms with E-state index in [1.54, 1.807) is 19.1 Å². The summed E-state index contributed by atoms with van der Waals surface area (Å²) in [5.41, 5.74) is 1.01. The fraction of sp³-hybridized carbons (Fsp3) is 0.348. The van der Waals surface area contributed by atoms with Gasteiger partial charge in [-0.05, 0) is 50.2 Å². The van der Waals surface area contributed by atoms with Gasteiger partial charge in [0.25, 0.3) is 5.91 Å². The van der Waals surface area contributed by atoms with Crippen molar-refractivity contribution in [2.45, 2.75) is 25.3 Å². The van der Waals surface area contributed by atoms with Gasteiger partial charge in [0.05, 0.1) is 26.7 Å². The molecule has 0 atom stereocenters. The van der Waals surface area contributed by atoms with Crippen LogP contribution in [0.25, 0.3) is 10.2 Å². The largest absolute Gasteiger partial charge is 0.450 e. The molecule has 1 fully saturated rings. The fourth-order valence-electron chi connectivity index (χ4n) is 3.90. The molecule has 0 radical (unpaired) electrons. The van der Waals surface area contributed by atoms with Gasteiger partial charge in [0.1, 0.15) is 0 Å². The Hall–Kier alpha value is -2.44. The number of sulfonamides is 1. The molecular weight excluding hydrogens is 547 g/mol. The molecule has 2 amide bonds. The molecule has 1 aliphatic heterocycles. The van der Waals surface area contributed by atoms with E-state index < -0.39 is 22.0 Å². The number of benzene rings is 2. The SMILES string of the molecule is CCOC(=O)N1CCN(S(=O)(=O)c2ccc(C(=O)N=c3sc4cc(Cl)cc(Cl)c4n3CC)cc2)CC1. The van der Waals surface area contributed by atoms with Crippen molar-refractivity contribution in [3.05, 3.63) is 56.8 Å². The molecule has 192 valence electrons.